The molecule has 6 N–H and O–H groups in total. The molecule has 4 amide bonds. The summed E-state index contributed by atoms with van der Waals surface area (Å²) in [4.78, 5) is 83.3. The quantitative estimate of drug-likeness (QED) is 0.120. The summed E-state index contributed by atoms with van der Waals surface area (Å²) in [5.41, 5.74) is 1.22. The molecule has 0 aliphatic carbocycles. The molecule has 0 saturated heterocycles. The van der Waals surface area contributed by atoms with Crippen molar-refractivity contribution in [3.8, 4) is 0 Å². The maximum atomic E-state index is 12.7. The molecule has 0 aliphatic heterocycles. The Kier molecular flexibility index (Phi) is 21.2. The second-order valence-corrected chi connectivity index (χ2v) is 12.2. The first kappa shape index (κ1) is 42.9. The molecule has 0 bridgehead atoms. The predicted molar refractivity (Wildman–Crippen MR) is 183 cm³/mol. The van der Waals surface area contributed by atoms with Gasteiger partial charge in [-0.25, -0.2) is 0 Å². The van der Waals surface area contributed by atoms with Crippen LogP contribution >= 0.6 is 31.9 Å². The van der Waals surface area contributed by atoms with Crippen molar-refractivity contribution in [3.63, 3.8) is 0 Å². The highest BCUT2D eigenvalue weighted by atomic mass is 79.9. The molecule has 258 valence electrons. The number of ketones is 1. The van der Waals surface area contributed by atoms with Gasteiger partial charge in [-0.1, -0.05) is 76.6 Å². The number of allylic oxidation sites excluding steroid dienone is 5. The van der Waals surface area contributed by atoms with Crippen molar-refractivity contribution in [2.24, 2.45) is 5.92 Å². The highest BCUT2D eigenvalue weighted by Crippen LogP contribution is 2.20. The smallest absolute Gasteiger partial charge is 0.305 e. The number of hydrogen-bond acceptors (Lipinski definition) is 7. The van der Waals surface area contributed by atoms with E-state index in [0.717, 1.165) is 12.5 Å². The number of carbonyl (C=O) groups is 7. The standard InChI is InChI=1S/C30H38Br2N4O7.C2H4O2/c1-5-8-19(9-6-2)10-7-11-23(37)16-33-30(43)27(18(3)4)36-25(38)17-34-29(42)24(15-26(39)40)35-28(41)20-12-21(31)14-22(32)13-20;1-2(3)4/h5-6,8-9,12-14,18,24,27H,1,7,10-11,15-17H2,2-4H3,(H,33,43)(H,34,42)(H,35,41)(H,36,38)(H,39,40);1H3,(H,3,4)/b9-6-,19-8+;/t24-,27?;/m0./s1. The molecule has 2 atom stereocenters. The number of carboxylic acids is 2. The van der Waals surface area contributed by atoms with Crippen LogP contribution in [0.1, 0.15) is 63.7 Å². The highest BCUT2D eigenvalue weighted by Gasteiger charge is 2.27. The van der Waals surface area contributed by atoms with Crippen LogP contribution in [0.15, 0.2) is 63.6 Å². The molecule has 0 spiro atoms. The van der Waals surface area contributed by atoms with Gasteiger partial charge in [-0.3, -0.25) is 33.6 Å². The van der Waals surface area contributed by atoms with Crippen molar-refractivity contribution in [1.29, 1.82) is 0 Å². The van der Waals surface area contributed by atoms with Crippen LogP contribution in [0.2, 0.25) is 0 Å². The maximum Gasteiger partial charge on any atom is 0.305 e. The van der Waals surface area contributed by atoms with Gasteiger partial charge in [-0.15, -0.1) is 0 Å². The van der Waals surface area contributed by atoms with E-state index in [2.05, 4.69) is 59.7 Å². The van der Waals surface area contributed by atoms with Crippen LogP contribution in [0.3, 0.4) is 0 Å². The van der Waals surface area contributed by atoms with E-state index in [1.165, 1.54) is 12.1 Å². The lowest BCUT2D eigenvalue weighted by Crippen LogP contribution is -2.54. The first-order valence-corrected chi connectivity index (χ1v) is 16.1. The van der Waals surface area contributed by atoms with Crippen LogP contribution in [-0.4, -0.2) is 76.7 Å². The van der Waals surface area contributed by atoms with Gasteiger partial charge in [-0.05, 0) is 49.5 Å². The topological polar surface area (TPSA) is 208 Å². The first-order valence-electron chi connectivity index (χ1n) is 14.5. The molecular formula is C32H42Br2N4O9. The Bertz CT molecular complexity index is 1340. The number of halogens is 2. The van der Waals surface area contributed by atoms with E-state index in [1.54, 1.807) is 26.0 Å². The third-order valence-corrected chi connectivity index (χ3v) is 6.82. The van der Waals surface area contributed by atoms with E-state index in [-0.39, 0.29) is 30.2 Å². The maximum absolute atomic E-state index is 12.7. The van der Waals surface area contributed by atoms with Gasteiger partial charge in [0.05, 0.1) is 19.5 Å². The van der Waals surface area contributed by atoms with Crippen LogP contribution in [0.5, 0.6) is 0 Å². The molecule has 47 heavy (non-hydrogen) atoms. The normalized spacial score (nSPS) is 12.2. The molecule has 0 aromatic heterocycles. The minimum atomic E-state index is -1.47. The van der Waals surface area contributed by atoms with E-state index in [0.29, 0.717) is 21.8 Å². The zero-order valence-corrected chi connectivity index (χ0v) is 29.9. The Morgan fingerprint density at radius 1 is 0.894 bits per heavy atom. The molecule has 0 fully saturated rings. The van der Waals surface area contributed by atoms with Gasteiger partial charge in [0.2, 0.25) is 17.7 Å². The second-order valence-electron chi connectivity index (χ2n) is 10.4. The van der Waals surface area contributed by atoms with Gasteiger partial charge in [-0.2, -0.15) is 0 Å². The fourth-order valence-corrected chi connectivity index (χ4v) is 5.12. The number of carbonyl (C=O) groups excluding carboxylic acids is 5. The van der Waals surface area contributed by atoms with Crippen molar-refractivity contribution >= 4 is 73.2 Å². The van der Waals surface area contributed by atoms with Crippen molar-refractivity contribution in [2.45, 2.75) is 65.5 Å². The molecule has 0 radical (unpaired) electrons. The average molecular weight is 787 g/mol. The van der Waals surface area contributed by atoms with E-state index < -0.39 is 60.6 Å². The number of hydrogen-bond donors (Lipinski definition) is 6. The Labute approximate surface area is 291 Å². The molecule has 0 aliphatic rings. The predicted octanol–water partition coefficient (Wildman–Crippen LogP) is 3.68. The van der Waals surface area contributed by atoms with Gasteiger partial charge < -0.3 is 31.5 Å². The number of aliphatic carboxylic acids is 2. The summed E-state index contributed by atoms with van der Waals surface area (Å²) in [6.45, 7) is 9.31. The van der Waals surface area contributed by atoms with Gasteiger partial charge in [0, 0.05) is 27.9 Å². The molecular weight excluding hydrogens is 744 g/mol. The Hall–Kier alpha value is -4.11. The lowest BCUT2D eigenvalue weighted by molar-refractivity contribution is -0.140. The van der Waals surface area contributed by atoms with Gasteiger partial charge in [0.1, 0.15) is 12.1 Å². The second kappa shape index (κ2) is 23.2. The van der Waals surface area contributed by atoms with Crippen molar-refractivity contribution in [1.82, 2.24) is 21.3 Å². The number of benzene rings is 1. The lowest BCUT2D eigenvalue weighted by Gasteiger charge is -2.22. The molecule has 1 aromatic carbocycles. The summed E-state index contributed by atoms with van der Waals surface area (Å²) in [5.74, 6) is -5.52. The third-order valence-electron chi connectivity index (χ3n) is 5.91. The fraction of sp³-hybridized carbons (Fsp3) is 0.406. The third kappa shape index (κ3) is 19.9. The fourth-order valence-electron chi connectivity index (χ4n) is 3.82. The number of carboxylic acid groups (broad SMARTS) is 2. The van der Waals surface area contributed by atoms with Gasteiger partial charge in [0.15, 0.2) is 5.78 Å². The van der Waals surface area contributed by atoms with Crippen LogP contribution < -0.4 is 21.3 Å². The van der Waals surface area contributed by atoms with E-state index in [4.69, 9.17) is 9.90 Å². The Balaban J connectivity index is 0.00000498. The van der Waals surface area contributed by atoms with Crippen LogP contribution in [-0.2, 0) is 28.8 Å². The molecule has 13 nitrogen and oxygen atoms in total. The zero-order chi connectivity index (χ0) is 36.1. The van der Waals surface area contributed by atoms with E-state index >= 15 is 0 Å². The van der Waals surface area contributed by atoms with Crippen molar-refractivity contribution in [2.75, 3.05) is 13.1 Å². The summed E-state index contributed by atoms with van der Waals surface area (Å²) >= 11 is 6.52. The summed E-state index contributed by atoms with van der Waals surface area (Å²) in [7, 11) is 0. The zero-order valence-electron chi connectivity index (χ0n) is 26.7. The average Bonchev–Trinajstić information content (AvgIpc) is 2.96. The summed E-state index contributed by atoms with van der Waals surface area (Å²) < 4.78 is 1.18. The van der Waals surface area contributed by atoms with E-state index in [1.807, 2.05) is 25.2 Å². The number of rotatable bonds is 18. The van der Waals surface area contributed by atoms with Crippen molar-refractivity contribution in [3.05, 3.63) is 69.2 Å². The highest BCUT2D eigenvalue weighted by molar-refractivity contribution is 9.11. The number of nitrogens with one attached hydrogen (secondary N) is 4. The Morgan fingerprint density at radius 3 is 1.98 bits per heavy atom. The number of amides is 4. The largest absolute Gasteiger partial charge is 0.481 e. The SMILES string of the molecule is C=C/C=C(\C=C/C)CCCC(=O)CNC(=O)C(NC(=O)CNC(=O)[C@H](CC(=O)O)NC(=O)c1cc(Br)cc(Br)c1)C(C)C.CC(=O)O. The first-order chi connectivity index (χ1) is 22.0. The lowest BCUT2D eigenvalue weighted by atomic mass is 10.0. The van der Waals surface area contributed by atoms with Crippen LogP contribution in [0, 0.1) is 5.92 Å². The monoisotopic (exact) mass is 784 g/mol. The Morgan fingerprint density at radius 2 is 1.47 bits per heavy atom. The van der Waals surface area contributed by atoms with Crippen LogP contribution in [0.25, 0.3) is 0 Å². The van der Waals surface area contributed by atoms with Crippen LogP contribution in [0.4, 0.5) is 0 Å². The molecule has 1 rings (SSSR count). The van der Waals surface area contributed by atoms with Gasteiger partial charge in [0.25, 0.3) is 11.9 Å². The molecule has 0 heterocycles. The van der Waals surface area contributed by atoms with E-state index in [9.17, 15) is 33.9 Å². The summed E-state index contributed by atoms with van der Waals surface area (Å²) in [6, 6.07) is 2.24. The minimum absolute atomic E-state index is 0.158. The molecule has 1 unspecified atom stereocenters. The van der Waals surface area contributed by atoms with Gasteiger partial charge >= 0.3 is 5.97 Å². The molecule has 0 saturated carbocycles. The number of Topliss-reactive ketones (excluding diaryl/α,β-unsaturated/α-hetero) is 1. The summed E-state index contributed by atoms with van der Waals surface area (Å²) in [5, 5.41) is 26.4. The summed E-state index contributed by atoms with van der Waals surface area (Å²) in [6.07, 6.45) is 8.23. The van der Waals surface area contributed by atoms with Crippen molar-refractivity contribution < 1.29 is 43.8 Å². The molecule has 1 aromatic rings. The minimum Gasteiger partial charge on any atom is -0.481 e. The molecule has 15 heteroatoms.